The van der Waals surface area contributed by atoms with E-state index >= 15 is 0 Å². The number of hydrogen-bond donors (Lipinski definition) is 0. The van der Waals surface area contributed by atoms with Crippen molar-refractivity contribution in [3.63, 3.8) is 0 Å². The van der Waals surface area contributed by atoms with Crippen LogP contribution in [-0.2, 0) is 4.79 Å². The molecule has 6 heteroatoms. The van der Waals surface area contributed by atoms with Crippen molar-refractivity contribution in [2.75, 3.05) is 26.2 Å². The Bertz CT molecular complexity index is 855. The van der Waals surface area contributed by atoms with E-state index in [-0.39, 0.29) is 11.9 Å². The predicted octanol–water partition coefficient (Wildman–Crippen LogP) is 3.88. The highest BCUT2D eigenvalue weighted by Crippen LogP contribution is 2.28. The van der Waals surface area contributed by atoms with Crippen molar-refractivity contribution in [3.05, 3.63) is 64.7 Å². The lowest BCUT2D eigenvalue weighted by Gasteiger charge is -2.39. The second-order valence-corrected chi connectivity index (χ2v) is 7.36. The SMILES string of the molecule is CC(Oc1ccc(C#N)cc1)C(=O)N1CCN(C(C)c2ccccc2Cl)CC1. The van der Waals surface area contributed by atoms with Crippen LogP contribution >= 0.6 is 11.6 Å². The molecule has 0 saturated carbocycles. The number of hydrogen-bond acceptors (Lipinski definition) is 4. The second kappa shape index (κ2) is 9.09. The first kappa shape index (κ1) is 20.2. The fourth-order valence-electron chi connectivity index (χ4n) is 3.46. The number of rotatable bonds is 5. The van der Waals surface area contributed by atoms with Gasteiger partial charge in [-0.2, -0.15) is 5.26 Å². The zero-order chi connectivity index (χ0) is 20.1. The maximum atomic E-state index is 12.7. The van der Waals surface area contributed by atoms with Crippen LogP contribution in [0.2, 0.25) is 5.02 Å². The first-order valence-electron chi connectivity index (χ1n) is 9.43. The monoisotopic (exact) mass is 397 g/mol. The Kier molecular flexibility index (Phi) is 6.56. The zero-order valence-electron chi connectivity index (χ0n) is 16.1. The van der Waals surface area contributed by atoms with Crippen LogP contribution in [0.3, 0.4) is 0 Å². The maximum Gasteiger partial charge on any atom is 0.263 e. The largest absolute Gasteiger partial charge is 0.481 e. The quantitative estimate of drug-likeness (QED) is 0.768. The summed E-state index contributed by atoms with van der Waals surface area (Å²) in [5.41, 5.74) is 1.68. The minimum Gasteiger partial charge on any atom is -0.481 e. The third-order valence-electron chi connectivity index (χ3n) is 5.17. The van der Waals surface area contributed by atoms with Crippen molar-refractivity contribution >= 4 is 17.5 Å². The highest BCUT2D eigenvalue weighted by Gasteiger charge is 2.28. The number of piperazine rings is 1. The van der Waals surface area contributed by atoms with E-state index in [0.29, 0.717) is 24.4 Å². The molecule has 2 aromatic rings. The number of benzene rings is 2. The van der Waals surface area contributed by atoms with Gasteiger partial charge in [-0.1, -0.05) is 29.8 Å². The highest BCUT2D eigenvalue weighted by molar-refractivity contribution is 6.31. The molecule has 0 bridgehead atoms. The van der Waals surface area contributed by atoms with Crippen molar-refractivity contribution in [3.8, 4) is 11.8 Å². The lowest BCUT2D eigenvalue weighted by molar-refractivity contribution is -0.140. The smallest absolute Gasteiger partial charge is 0.263 e. The van der Waals surface area contributed by atoms with E-state index < -0.39 is 6.10 Å². The zero-order valence-corrected chi connectivity index (χ0v) is 16.9. The third kappa shape index (κ3) is 4.64. The van der Waals surface area contributed by atoms with Gasteiger partial charge in [-0.25, -0.2) is 0 Å². The van der Waals surface area contributed by atoms with Crippen molar-refractivity contribution in [1.82, 2.24) is 9.80 Å². The van der Waals surface area contributed by atoms with Crippen LogP contribution in [0.4, 0.5) is 0 Å². The van der Waals surface area contributed by atoms with E-state index in [0.717, 1.165) is 23.7 Å². The average molecular weight is 398 g/mol. The summed E-state index contributed by atoms with van der Waals surface area (Å²) in [7, 11) is 0. The van der Waals surface area contributed by atoms with Gasteiger partial charge in [-0.15, -0.1) is 0 Å². The summed E-state index contributed by atoms with van der Waals surface area (Å²) in [6.45, 7) is 6.82. The first-order valence-corrected chi connectivity index (χ1v) is 9.81. The van der Waals surface area contributed by atoms with Gasteiger partial charge < -0.3 is 9.64 Å². The lowest BCUT2D eigenvalue weighted by atomic mass is 10.1. The van der Waals surface area contributed by atoms with Crippen molar-refractivity contribution in [1.29, 1.82) is 5.26 Å². The summed E-state index contributed by atoms with van der Waals surface area (Å²) in [6.07, 6.45) is -0.569. The Balaban J connectivity index is 1.54. The molecule has 1 amide bonds. The number of amides is 1. The molecule has 3 rings (SSSR count). The molecule has 2 unspecified atom stereocenters. The number of carbonyl (C=O) groups is 1. The molecule has 146 valence electrons. The molecule has 2 atom stereocenters. The van der Waals surface area contributed by atoms with Gasteiger partial charge in [0, 0.05) is 37.2 Å². The first-order chi connectivity index (χ1) is 13.5. The number of nitrogens with zero attached hydrogens (tertiary/aromatic N) is 3. The van der Waals surface area contributed by atoms with E-state index in [1.165, 1.54) is 0 Å². The van der Waals surface area contributed by atoms with Crippen molar-refractivity contribution in [2.45, 2.75) is 26.0 Å². The molecule has 1 saturated heterocycles. The molecule has 1 aliphatic rings. The molecule has 2 aromatic carbocycles. The summed E-state index contributed by atoms with van der Waals surface area (Å²) in [4.78, 5) is 16.9. The summed E-state index contributed by atoms with van der Waals surface area (Å²) in [6, 6.07) is 17.0. The standard InChI is InChI=1S/C22H24ClN3O2/c1-16(20-5-3-4-6-21(20)23)25-11-13-26(14-12-25)22(27)17(2)28-19-9-7-18(15-24)8-10-19/h3-10,16-17H,11-14H2,1-2H3. The molecule has 0 radical (unpaired) electrons. The van der Waals surface area contributed by atoms with Gasteiger partial charge in [0.05, 0.1) is 11.6 Å². The van der Waals surface area contributed by atoms with E-state index in [2.05, 4.69) is 24.0 Å². The van der Waals surface area contributed by atoms with E-state index in [9.17, 15) is 4.79 Å². The van der Waals surface area contributed by atoms with Crippen LogP contribution in [-0.4, -0.2) is 48.0 Å². The van der Waals surface area contributed by atoms with Crippen LogP contribution in [0.5, 0.6) is 5.75 Å². The van der Waals surface area contributed by atoms with Crippen LogP contribution in [0.25, 0.3) is 0 Å². The van der Waals surface area contributed by atoms with Crippen LogP contribution in [0.15, 0.2) is 48.5 Å². The molecule has 0 aliphatic carbocycles. The molecular weight excluding hydrogens is 374 g/mol. The van der Waals surface area contributed by atoms with Gasteiger partial charge in [0.25, 0.3) is 5.91 Å². The number of carbonyl (C=O) groups excluding carboxylic acids is 1. The van der Waals surface area contributed by atoms with Crippen molar-refractivity contribution < 1.29 is 9.53 Å². The lowest BCUT2D eigenvalue weighted by Crippen LogP contribution is -2.52. The Morgan fingerprint density at radius 3 is 2.32 bits per heavy atom. The predicted molar refractivity (Wildman–Crippen MR) is 109 cm³/mol. The normalized spacial score (nSPS) is 16.9. The summed E-state index contributed by atoms with van der Waals surface area (Å²) < 4.78 is 5.76. The van der Waals surface area contributed by atoms with E-state index in [1.54, 1.807) is 31.2 Å². The molecule has 5 nitrogen and oxygen atoms in total. The van der Waals surface area contributed by atoms with Crippen LogP contribution in [0, 0.1) is 11.3 Å². The molecule has 0 N–H and O–H groups in total. The van der Waals surface area contributed by atoms with Gasteiger partial charge in [0.15, 0.2) is 6.10 Å². The maximum absolute atomic E-state index is 12.7. The Morgan fingerprint density at radius 1 is 1.07 bits per heavy atom. The minimum absolute atomic E-state index is 0.0191. The Hall–Kier alpha value is -2.55. The summed E-state index contributed by atoms with van der Waals surface area (Å²) in [5.74, 6) is 0.570. The van der Waals surface area contributed by atoms with Crippen LogP contribution in [0.1, 0.15) is 31.0 Å². The molecule has 0 aromatic heterocycles. The summed E-state index contributed by atoms with van der Waals surface area (Å²) in [5, 5.41) is 9.63. The molecule has 1 aliphatic heterocycles. The molecule has 28 heavy (non-hydrogen) atoms. The minimum atomic E-state index is -0.569. The third-order valence-corrected chi connectivity index (χ3v) is 5.52. The van der Waals surface area contributed by atoms with Crippen LogP contribution < -0.4 is 4.74 Å². The number of halogens is 1. The molecule has 0 spiro atoms. The second-order valence-electron chi connectivity index (χ2n) is 6.96. The van der Waals surface area contributed by atoms with Gasteiger partial charge in [-0.3, -0.25) is 9.69 Å². The molecule has 1 fully saturated rings. The average Bonchev–Trinajstić information content (AvgIpc) is 2.73. The van der Waals surface area contributed by atoms with Gasteiger partial charge >= 0.3 is 0 Å². The van der Waals surface area contributed by atoms with E-state index in [4.69, 9.17) is 21.6 Å². The fourth-order valence-corrected chi connectivity index (χ4v) is 3.75. The molecule has 1 heterocycles. The van der Waals surface area contributed by atoms with Gasteiger partial charge in [0.2, 0.25) is 0 Å². The van der Waals surface area contributed by atoms with Gasteiger partial charge in [0.1, 0.15) is 5.75 Å². The fraction of sp³-hybridized carbons (Fsp3) is 0.364. The van der Waals surface area contributed by atoms with Crippen molar-refractivity contribution in [2.24, 2.45) is 0 Å². The topological polar surface area (TPSA) is 56.6 Å². The Morgan fingerprint density at radius 2 is 1.71 bits per heavy atom. The molecular formula is C22H24ClN3O2. The summed E-state index contributed by atoms with van der Waals surface area (Å²) >= 11 is 6.33. The number of ether oxygens (including phenoxy) is 1. The number of nitriles is 1. The highest BCUT2D eigenvalue weighted by atomic mass is 35.5. The van der Waals surface area contributed by atoms with E-state index in [1.807, 2.05) is 23.1 Å². The Labute approximate surface area is 171 Å². The van der Waals surface area contributed by atoms with Gasteiger partial charge in [-0.05, 0) is 49.7 Å².